The van der Waals surface area contributed by atoms with Crippen LogP contribution in [0.1, 0.15) is 20.7 Å². The van der Waals surface area contributed by atoms with E-state index in [-0.39, 0.29) is 24.2 Å². The summed E-state index contributed by atoms with van der Waals surface area (Å²) in [6.45, 7) is 0.577. The van der Waals surface area contributed by atoms with Crippen molar-refractivity contribution in [3.63, 3.8) is 0 Å². The van der Waals surface area contributed by atoms with E-state index in [0.717, 1.165) is 0 Å². The van der Waals surface area contributed by atoms with Crippen LogP contribution in [0.5, 0.6) is 0 Å². The van der Waals surface area contributed by atoms with Crippen molar-refractivity contribution < 1.29 is 24.6 Å². The second-order valence-electron chi connectivity index (χ2n) is 5.73. The molecule has 1 atom stereocenters. The summed E-state index contributed by atoms with van der Waals surface area (Å²) in [6, 6.07) is 6.12. The van der Waals surface area contributed by atoms with Gasteiger partial charge >= 0.3 is 11.9 Å². The van der Waals surface area contributed by atoms with Crippen molar-refractivity contribution in [1.82, 2.24) is 14.9 Å². The normalized spacial score (nSPS) is 17.0. The highest BCUT2D eigenvalue weighted by Gasteiger charge is 2.36. The largest absolute Gasteiger partial charge is 0.480 e. The number of piperazine rings is 1. The molecule has 1 unspecified atom stereocenters. The number of aromatic carboxylic acids is 1. The first-order valence-electron chi connectivity index (χ1n) is 7.86. The molecular formula is C17H16N4O5. The summed E-state index contributed by atoms with van der Waals surface area (Å²) in [6.07, 6.45) is 3.13. The summed E-state index contributed by atoms with van der Waals surface area (Å²) in [5, 5.41) is 18.6. The number of aliphatic carboxylic acids is 1. The minimum atomic E-state index is -1.15. The van der Waals surface area contributed by atoms with Crippen molar-refractivity contribution in [1.29, 1.82) is 0 Å². The summed E-state index contributed by atoms with van der Waals surface area (Å²) < 4.78 is 0. The Morgan fingerprint density at radius 1 is 1.00 bits per heavy atom. The first-order valence-corrected chi connectivity index (χ1v) is 7.86. The first kappa shape index (κ1) is 17.3. The Hall–Kier alpha value is -3.49. The van der Waals surface area contributed by atoms with Crippen LogP contribution in [-0.2, 0) is 4.79 Å². The summed E-state index contributed by atoms with van der Waals surface area (Å²) in [5.41, 5.74) is 0.111. The number of hydrogen-bond donors (Lipinski definition) is 2. The number of rotatable bonds is 4. The summed E-state index contributed by atoms with van der Waals surface area (Å²) in [7, 11) is 0. The summed E-state index contributed by atoms with van der Waals surface area (Å²) >= 11 is 0. The van der Waals surface area contributed by atoms with Gasteiger partial charge < -0.3 is 20.0 Å². The zero-order chi connectivity index (χ0) is 18.7. The zero-order valence-electron chi connectivity index (χ0n) is 13.6. The predicted octanol–water partition coefficient (Wildman–Crippen LogP) is 0.590. The van der Waals surface area contributed by atoms with Gasteiger partial charge in [0.25, 0.3) is 5.91 Å². The average molecular weight is 356 g/mol. The minimum absolute atomic E-state index is 0.0287. The van der Waals surface area contributed by atoms with Gasteiger partial charge in [0.05, 0.1) is 12.1 Å². The van der Waals surface area contributed by atoms with E-state index in [1.54, 1.807) is 23.4 Å². The molecule has 2 aromatic rings. The molecule has 1 aromatic carbocycles. The predicted molar refractivity (Wildman–Crippen MR) is 90.1 cm³/mol. The van der Waals surface area contributed by atoms with E-state index in [9.17, 15) is 19.5 Å². The molecule has 2 heterocycles. The number of carbonyl (C=O) groups excluding carboxylic acids is 1. The Balaban J connectivity index is 1.83. The third-order valence-corrected chi connectivity index (χ3v) is 4.12. The van der Waals surface area contributed by atoms with Crippen molar-refractivity contribution >= 4 is 23.8 Å². The van der Waals surface area contributed by atoms with E-state index in [4.69, 9.17) is 5.11 Å². The van der Waals surface area contributed by atoms with Gasteiger partial charge in [0.15, 0.2) is 0 Å². The molecular weight excluding hydrogens is 340 g/mol. The molecule has 0 radical (unpaired) electrons. The number of aromatic nitrogens is 2. The van der Waals surface area contributed by atoms with Gasteiger partial charge in [-0.05, 0) is 24.3 Å². The molecule has 134 valence electrons. The lowest BCUT2D eigenvalue weighted by Crippen LogP contribution is -2.58. The Morgan fingerprint density at radius 2 is 1.69 bits per heavy atom. The molecule has 9 nitrogen and oxygen atoms in total. The number of nitrogens with zero attached hydrogens (tertiary/aromatic N) is 4. The monoisotopic (exact) mass is 356 g/mol. The van der Waals surface area contributed by atoms with Crippen molar-refractivity contribution in [3.05, 3.63) is 53.9 Å². The van der Waals surface area contributed by atoms with Gasteiger partial charge in [0, 0.05) is 31.0 Å². The van der Waals surface area contributed by atoms with Gasteiger partial charge in [-0.1, -0.05) is 6.07 Å². The SMILES string of the molecule is O=C(O)c1cccc(C(=O)N2CCN(c3ncccn3)CC2C(=O)O)c1. The molecule has 26 heavy (non-hydrogen) atoms. The van der Waals surface area contributed by atoms with Crippen molar-refractivity contribution in [3.8, 4) is 0 Å². The molecule has 0 spiro atoms. The zero-order valence-corrected chi connectivity index (χ0v) is 13.6. The number of carboxylic acid groups (broad SMARTS) is 2. The van der Waals surface area contributed by atoms with Crippen molar-refractivity contribution in [2.24, 2.45) is 0 Å². The van der Waals surface area contributed by atoms with Crippen molar-refractivity contribution in [2.75, 3.05) is 24.5 Å². The highest BCUT2D eigenvalue weighted by atomic mass is 16.4. The Labute approximate surface area is 148 Å². The molecule has 0 aliphatic carbocycles. The van der Waals surface area contributed by atoms with E-state index in [2.05, 4.69) is 9.97 Å². The molecule has 1 aliphatic heterocycles. The number of benzene rings is 1. The molecule has 0 saturated carbocycles. The highest BCUT2D eigenvalue weighted by molar-refractivity contribution is 5.99. The lowest BCUT2D eigenvalue weighted by atomic mass is 10.1. The standard InChI is InChI=1S/C17H16N4O5/c22-14(11-3-1-4-12(9-11)15(23)24)21-8-7-20(10-13(21)16(25)26)17-18-5-2-6-19-17/h1-6,9,13H,7-8,10H2,(H,23,24)(H,25,26). The quantitative estimate of drug-likeness (QED) is 0.816. The molecule has 9 heteroatoms. The van der Waals surface area contributed by atoms with Crippen LogP contribution in [0.15, 0.2) is 42.7 Å². The lowest BCUT2D eigenvalue weighted by molar-refractivity contribution is -0.142. The molecule has 2 N–H and O–H groups in total. The van der Waals surface area contributed by atoms with Gasteiger partial charge in [0.2, 0.25) is 5.95 Å². The van der Waals surface area contributed by atoms with Gasteiger partial charge in [-0.25, -0.2) is 19.6 Å². The van der Waals surface area contributed by atoms with Crippen LogP contribution in [0.4, 0.5) is 5.95 Å². The van der Waals surface area contributed by atoms with Crippen LogP contribution in [0.25, 0.3) is 0 Å². The van der Waals surface area contributed by atoms with E-state index < -0.39 is 23.9 Å². The van der Waals surface area contributed by atoms with E-state index >= 15 is 0 Å². The highest BCUT2D eigenvalue weighted by Crippen LogP contribution is 2.18. The van der Waals surface area contributed by atoms with Crippen LogP contribution in [-0.4, -0.2) is 68.6 Å². The van der Waals surface area contributed by atoms with Gasteiger partial charge in [-0.15, -0.1) is 0 Å². The number of carbonyl (C=O) groups is 3. The van der Waals surface area contributed by atoms with E-state index in [1.807, 2.05) is 0 Å². The Kier molecular flexibility index (Phi) is 4.78. The molecule has 1 aromatic heterocycles. The van der Waals surface area contributed by atoms with E-state index in [0.29, 0.717) is 12.5 Å². The average Bonchev–Trinajstić information content (AvgIpc) is 2.67. The molecule has 1 aliphatic rings. The maximum absolute atomic E-state index is 12.8. The Bertz CT molecular complexity index is 842. The fourth-order valence-electron chi connectivity index (χ4n) is 2.82. The van der Waals surface area contributed by atoms with Gasteiger partial charge in [-0.3, -0.25) is 4.79 Å². The topological polar surface area (TPSA) is 124 Å². The fraction of sp³-hybridized carbons (Fsp3) is 0.235. The van der Waals surface area contributed by atoms with Crippen LogP contribution in [0.3, 0.4) is 0 Å². The molecule has 0 bridgehead atoms. The van der Waals surface area contributed by atoms with Gasteiger partial charge in [-0.2, -0.15) is 0 Å². The molecule has 1 fully saturated rings. The van der Waals surface area contributed by atoms with Gasteiger partial charge in [0.1, 0.15) is 6.04 Å². The lowest BCUT2D eigenvalue weighted by Gasteiger charge is -2.39. The van der Waals surface area contributed by atoms with Crippen molar-refractivity contribution in [2.45, 2.75) is 6.04 Å². The summed E-state index contributed by atoms with van der Waals surface area (Å²) in [4.78, 5) is 46.7. The molecule has 1 saturated heterocycles. The second-order valence-corrected chi connectivity index (χ2v) is 5.73. The number of hydrogen-bond acceptors (Lipinski definition) is 6. The number of anilines is 1. The molecule has 1 amide bonds. The second kappa shape index (κ2) is 7.18. The van der Waals surface area contributed by atoms with Crippen LogP contribution >= 0.6 is 0 Å². The number of carboxylic acids is 2. The maximum Gasteiger partial charge on any atom is 0.335 e. The minimum Gasteiger partial charge on any atom is -0.480 e. The Morgan fingerprint density at radius 3 is 2.35 bits per heavy atom. The number of amides is 1. The van der Waals surface area contributed by atoms with Crippen LogP contribution < -0.4 is 4.90 Å². The smallest absolute Gasteiger partial charge is 0.335 e. The third-order valence-electron chi connectivity index (χ3n) is 4.12. The maximum atomic E-state index is 12.8. The van der Waals surface area contributed by atoms with Crippen LogP contribution in [0, 0.1) is 0 Å². The third kappa shape index (κ3) is 3.46. The van der Waals surface area contributed by atoms with Crippen LogP contribution in [0.2, 0.25) is 0 Å². The fourth-order valence-corrected chi connectivity index (χ4v) is 2.82. The van der Waals surface area contributed by atoms with E-state index in [1.165, 1.54) is 29.2 Å². The molecule has 3 rings (SSSR count). The summed E-state index contributed by atoms with van der Waals surface area (Å²) in [5.74, 6) is -2.42. The first-order chi connectivity index (χ1) is 12.5.